The van der Waals surface area contributed by atoms with Gasteiger partial charge in [-0.05, 0) is 31.9 Å². The van der Waals surface area contributed by atoms with E-state index in [2.05, 4.69) is 40.0 Å². The van der Waals surface area contributed by atoms with E-state index in [1.807, 2.05) is 6.07 Å². The molecule has 0 bridgehead atoms. The van der Waals surface area contributed by atoms with Crippen molar-refractivity contribution in [3.05, 3.63) is 30.1 Å². The number of nitrogens with zero attached hydrogens (tertiary/aromatic N) is 2. The molecule has 1 fully saturated rings. The van der Waals surface area contributed by atoms with Crippen molar-refractivity contribution >= 4 is 11.0 Å². The number of nitrogens with one attached hydrogen (secondary N) is 1. The van der Waals surface area contributed by atoms with E-state index in [-0.39, 0.29) is 0 Å². The van der Waals surface area contributed by atoms with E-state index >= 15 is 0 Å². The molecule has 0 radical (unpaired) electrons. The molecule has 0 aliphatic heterocycles. The van der Waals surface area contributed by atoms with Gasteiger partial charge in [-0.15, -0.1) is 0 Å². The third kappa shape index (κ3) is 1.71. The van der Waals surface area contributed by atoms with Gasteiger partial charge in [0, 0.05) is 12.6 Å². The summed E-state index contributed by atoms with van der Waals surface area (Å²) in [6.45, 7) is 4.06. The largest absolute Gasteiger partial charge is 0.327 e. The van der Waals surface area contributed by atoms with Crippen LogP contribution >= 0.6 is 0 Å². The lowest BCUT2D eigenvalue weighted by atomic mass is 10.3. The van der Waals surface area contributed by atoms with Crippen molar-refractivity contribution in [1.82, 2.24) is 14.9 Å². The Kier molecular flexibility index (Phi) is 2.40. The Morgan fingerprint density at radius 3 is 2.94 bits per heavy atom. The molecule has 0 saturated heterocycles. The van der Waals surface area contributed by atoms with Crippen molar-refractivity contribution < 1.29 is 0 Å². The van der Waals surface area contributed by atoms with Crippen LogP contribution in [0, 0.1) is 0 Å². The van der Waals surface area contributed by atoms with Crippen LogP contribution in [0.3, 0.4) is 0 Å². The Bertz CT molecular complexity index is 497. The van der Waals surface area contributed by atoms with Gasteiger partial charge < -0.3 is 9.88 Å². The van der Waals surface area contributed by atoms with Crippen molar-refractivity contribution in [2.24, 2.45) is 0 Å². The van der Waals surface area contributed by atoms with Gasteiger partial charge in [0.2, 0.25) is 0 Å². The molecule has 0 amide bonds. The molecule has 1 aliphatic rings. The molecule has 1 N–H and O–H groups in total. The number of aryl methyl sites for hydroxylation is 1. The van der Waals surface area contributed by atoms with E-state index in [0.29, 0.717) is 0 Å². The molecule has 0 atom stereocenters. The molecule has 1 saturated carbocycles. The number of hydrogen-bond donors (Lipinski definition) is 1. The minimum absolute atomic E-state index is 0.741. The van der Waals surface area contributed by atoms with E-state index in [0.717, 1.165) is 30.5 Å². The SMILES string of the molecule is CCn1c(CNC2CC2)nc2ccccc21. The average Bonchev–Trinajstić information content (AvgIpc) is 3.07. The summed E-state index contributed by atoms with van der Waals surface area (Å²) in [5.74, 6) is 1.16. The second kappa shape index (κ2) is 3.91. The van der Waals surface area contributed by atoms with Crippen molar-refractivity contribution in [2.45, 2.75) is 38.9 Å². The zero-order chi connectivity index (χ0) is 11.0. The second-order valence-corrected chi connectivity index (χ2v) is 4.42. The highest BCUT2D eigenvalue weighted by atomic mass is 15.1. The van der Waals surface area contributed by atoms with Crippen molar-refractivity contribution in [3.63, 3.8) is 0 Å². The molecule has 3 nitrogen and oxygen atoms in total. The first-order valence-corrected chi connectivity index (χ1v) is 6.06. The molecule has 84 valence electrons. The molecule has 3 rings (SSSR count). The zero-order valence-corrected chi connectivity index (χ0v) is 9.61. The maximum absolute atomic E-state index is 4.68. The van der Waals surface area contributed by atoms with Gasteiger partial charge in [0.1, 0.15) is 5.82 Å². The van der Waals surface area contributed by atoms with Gasteiger partial charge >= 0.3 is 0 Å². The number of aromatic nitrogens is 2. The molecule has 3 heteroatoms. The third-order valence-electron chi connectivity index (χ3n) is 3.18. The first kappa shape index (κ1) is 9.85. The Morgan fingerprint density at radius 1 is 1.38 bits per heavy atom. The Morgan fingerprint density at radius 2 is 2.19 bits per heavy atom. The van der Waals surface area contributed by atoms with Gasteiger partial charge in [0.15, 0.2) is 0 Å². The second-order valence-electron chi connectivity index (χ2n) is 4.42. The summed E-state index contributed by atoms with van der Waals surface area (Å²) in [6, 6.07) is 9.10. The average molecular weight is 215 g/mol. The van der Waals surface area contributed by atoms with Gasteiger partial charge in [-0.2, -0.15) is 0 Å². The lowest BCUT2D eigenvalue weighted by molar-refractivity contribution is 0.618. The number of rotatable bonds is 4. The minimum Gasteiger partial charge on any atom is -0.327 e. The highest BCUT2D eigenvalue weighted by molar-refractivity contribution is 5.75. The van der Waals surface area contributed by atoms with Gasteiger partial charge in [0.25, 0.3) is 0 Å². The third-order valence-corrected chi connectivity index (χ3v) is 3.18. The number of fused-ring (bicyclic) bond motifs is 1. The molecule has 1 aromatic heterocycles. The number of hydrogen-bond acceptors (Lipinski definition) is 2. The highest BCUT2D eigenvalue weighted by Gasteiger charge is 2.21. The fourth-order valence-corrected chi connectivity index (χ4v) is 2.14. The summed E-state index contributed by atoms with van der Waals surface area (Å²) in [6.07, 6.45) is 2.65. The maximum Gasteiger partial charge on any atom is 0.123 e. The first-order valence-electron chi connectivity index (χ1n) is 6.06. The van der Waals surface area contributed by atoms with Gasteiger partial charge in [-0.3, -0.25) is 0 Å². The summed E-state index contributed by atoms with van der Waals surface area (Å²) < 4.78 is 2.30. The first-order chi connectivity index (χ1) is 7.88. The Hall–Kier alpha value is -1.35. The van der Waals surface area contributed by atoms with Gasteiger partial charge in [-0.25, -0.2) is 4.98 Å². The quantitative estimate of drug-likeness (QED) is 0.848. The summed E-state index contributed by atoms with van der Waals surface area (Å²) >= 11 is 0. The summed E-state index contributed by atoms with van der Waals surface area (Å²) in [5.41, 5.74) is 2.36. The van der Waals surface area contributed by atoms with Crippen LogP contribution in [0.1, 0.15) is 25.6 Å². The zero-order valence-electron chi connectivity index (χ0n) is 9.61. The highest BCUT2D eigenvalue weighted by Crippen LogP contribution is 2.20. The van der Waals surface area contributed by atoms with Crippen LogP contribution in [-0.2, 0) is 13.1 Å². The van der Waals surface area contributed by atoms with Crippen LogP contribution in [0.5, 0.6) is 0 Å². The molecule has 1 aromatic carbocycles. The van der Waals surface area contributed by atoms with Crippen LogP contribution < -0.4 is 5.32 Å². The van der Waals surface area contributed by atoms with Crippen LogP contribution in [0.15, 0.2) is 24.3 Å². The van der Waals surface area contributed by atoms with E-state index in [4.69, 9.17) is 0 Å². The lowest BCUT2D eigenvalue weighted by Crippen LogP contribution is -2.18. The number of para-hydroxylation sites is 2. The maximum atomic E-state index is 4.68. The fourth-order valence-electron chi connectivity index (χ4n) is 2.14. The van der Waals surface area contributed by atoms with Crippen LogP contribution in [0.2, 0.25) is 0 Å². The van der Waals surface area contributed by atoms with Crippen molar-refractivity contribution in [2.75, 3.05) is 0 Å². The Balaban J connectivity index is 1.94. The minimum atomic E-state index is 0.741. The molecular weight excluding hydrogens is 198 g/mol. The molecular formula is C13H17N3. The normalized spacial score (nSPS) is 15.8. The predicted octanol–water partition coefficient (Wildman–Crippen LogP) is 2.31. The molecule has 0 unspecified atom stereocenters. The molecule has 0 spiro atoms. The monoisotopic (exact) mass is 215 g/mol. The summed E-state index contributed by atoms with van der Waals surface area (Å²) in [5, 5.41) is 3.53. The molecule has 1 heterocycles. The molecule has 16 heavy (non-hydrogen) atoms. The van der Waals surface area contributed by atoms with Crippen molar-refractivity contribution in [1.29, 1.82) is 0 Å². The molecule has 1 aliphatic carbocycles. The summed E-state index contributed by atoms with van der Waals surface area (Å²) in [4.78, 5) is 4.68. The predicted molar refractivity (Wildman–Crippen MR) is 65.3 cm³/mol. The standard InChI is InChI=1S/C13H17N3/c1-2-16-12-6-4-3-5-11(12)15-13(16)9-14-10-7-8-10/h3-6,10,14H,2,7-9H2,1H3. The van der Waals surface area contributed by atoms with Crippen molar-refractivity contribution in [3.8, 4) is 0 Å². The van der Waals surface area contributed by atoms with Crippen LogP contribution in [0.4, 0.5) is 0 Å². The van der Waals surface area contributed by atoms with E-state index in [9.17, 15) is 0 Å². The van der Waals surface area contributed by atoms with E-state index in [1.165, 1.54) is 18.4 Å². The lowest BCUT2D eigenvalue weighted by Gasteiger charge is -2.06. The van der Waals surface area contributed by atoms with Gasteiger partial charge in [0.05, 0.1) is 17.6 Å². The number of imidazole rings is 1. The summed E-state index contributed by atoms with van der Waals surface area (Å²) in [7, 11) is 0. The molecule has 2 aromatic rings. The van der Waals surface area contributed by atoms with E-state index in [1.54, 1.807) is 0 Å². The van der Waals surface area contributed by atoms with E-state index < -0.39 is 0 Å². The van der Waals surface area contributed by atoms with Crippen LogP contribution in [-0.4, -0.2) is 15.6 Å². The number of benzene rings is 1. The Labute approximate surface area is 95.5 Å². The van der Waals surface area contributed by atoms with Gasteiger partial charge in [-0.1, -0.05) is 12.1 Å². The topological polar surface area (TPSA) is 29.9 Å². The smallest absolute Gasteiger partial charge is 0.123 e. The van der Waals surface area contributed by atoms with Crippen LogP contribution in [0.25, 0.3) is 11.0 Å². The fraction of sp³-hybridized carbons (Fsp3) is 0.462.